The molecule has 1 N–H and O–H groups in total. The van der Waals surface area contributed by atoms with E-state index in [9.17, 15) is 18.0 Å². The Morgan fingerprint density at radius 3 is 2.24 bits per heavy atom. The standard InChI is InChI=1S/C30H34ClN3O6S/c1-4-26(30(36)32-21(2)3)33(19-22-10-12-23(31)13-11-22)29(35)20-34(41(37,38)25-8-6-5-7-9-25)24-14-15-27-28(18-24)40-17-16-39-27/h5-15,18,21,26H,4,16-17,19-20H2,1-3H3,(H,32,36). The largest absolute Gasteiger partial charge is 0.486 e. The number of fused-ring (bicyclic) bond motifs is 1. The number of nitrogens with zero attached hydrogens (tertiary/aromatic N) is 2. The number of hydrogen-bond acceptors (Lipinski definition) is 6. The van der Waals surface area contributed by atoms with Crippen LogP contribution in [0.25, 0.3) is 0 Å². The van der Waals surface area contributed by atoms with Crippen molar-refractivity contribution in [2.24, 2.45) is 0 Å². The van der Waals surface area contributed by atoms with Crippen molar-refractivity contribution < 1.29 is 27.5 Å². The van der Waals surface area contributed by atoms with E-state index < -0.39 is 28.5 Å². The molecule has 0 aliphatic carbocycles. The average Bonchev–Trinajstić information content (AvgIpc) is 2.96. The first-order valence-corrected chi connectivity index (χ1v) is 15.2. The van der Waals surface area contributed by atoms with Gasteiger partial charge in [0.25, 0.3) is 10.0 Å². The third-order valence-corrected chi connectivity index (χ3v) is 8.55. The Bertz CT molecular complexity index is 1470. The topological polar surface area (TPSA) is 105 Å². The van der Waals surface area contributed by atoms with Gasteiger partial charge < -0.3 is 19.7 Å². The fraction of sp³-hybridized carbons (Fsp3) is 0.333. The van der Waals surface area contributed by atoms with Gasteiger partial charge in [-0.1, -0.05) is 48.9 Å². The quantitative estimate of drug-likeness (QED) is 0.344. The maximum Gasteiger partial charge on any atom is 0.264 e. The van der Waals surface area contributed by atoms with Crippen LogP contribution in [0.1, 0.15) is 32.8 Å². The molecule has 218 valence electrons. The zero-order valence-electron chi connectivity index (χ0n) is 23.2. The number of carbonyl (C=O) groups excluding carboxylic acids is 2. The fourth-order valence-corrected chi connectivity index (χ4v) is 6.08. The molecule has 1 atom stereocenters. The summed E-state index contributed by atoms with van der Waals surface area (Å²) >= 11 is 6.07. The van der Waals surface area contributed by atoms with E-state index >= 15 is 0 Å². The minimum absolute atomic E-state index is 0.0246. The Morgan fingerprint density at radius 2 is 1.61 bits per heavy atom. The van der Waals surface area contributed by atoms with Gasteiger partial charge in [-0.15, -0.1) is 0 Å². The van der Waals surface area contributed by atoms with Gasteiger partial charge in [-0.3, -0.25) is 13.9 Å². The lowest BCUT2D eigenvalue weighted by Gasteiger charge is -2.33. The van der Waals surface area contributed by atoms with Crippen LogP contribution < -0.4 is 19.1 Å². The summed E-state index contributed by atoms with van der Waals surface area (Å²) in [5.74, 6) is 0.0149. The molecule has 0 bridgehead atoms. The molecule has 3 aromatic carbocycles. The lowest BCUT2D eigenvalue weighted by Crippen LogP contribution is -2.53. The molecule has 0 radical (unpaired) electrons. The summed E-state index contributed by atoms with van der Waals surface area (Å²) in [4.78, 5) is 28.8. The first-order chi connectivity index (χ1) is 19.6. The fourth-order valence-electron chi connectivity index (χ4n) is 4.52. The van der Waals surface area contributed by atoms with Crippen molar-refractivity contribution in [3.63, 3.8) is 0 Å². The van der Waals surface area contributed by atoms with Crippen molar-refractivity contribution in [3.05, 3.63) is 83.4 Å². The van der Waals surface area contributed by atoms with Gasteiger partial charge in [0.15, 0.2) is 11.5 Å². The number of ether oxygens (including phenoxy) is 2. The Kier molecular flexibility index (Phi) is 9.77. The van der Waals surface area contributed by atoms with Crippen molar-refractivity contribution >= 4 is 39.1 Å². The van der Waals surface area contributed by atoms with E-state index in [1.165, 1.54) is 17.0 Å². The van der Waals surface area contributed by atoms with Crippen LogP contribution in [0.2, 0.25) is 5.02 Å². The summed E-state index contributed by atoms with van der Waals surface area (Å²) in [5.41, 5.74) is 0.980. The molecule has 9 nitrogen and oxygen atoms in total. The Hall–Kier alpha value is -3.76. The molecule has 0 fully saturated rings. The zero-order chi connectivity index (χ0) is 29.6. The maximum absolute atomic E-state index is 14.1. The normalized spacial score (nSPS) is 13.4. The molecule has 0 saturated heterocycles. The molecule has 41 heavy (non-hydrogen) atoms. The second-order valence-electron chi connectivity index (χ2n) is 9.89. The maximum atomic E-state index is 14.1. The van der Waals surface area contributed by atoms with Gasteiger partial charge in [0.2, 0.25) is 11.8 Å². The first-order valence-electron chi connectivity index (χ1n) is 13.4. The van der Waals surface area contributed by atoms with Crippen molar-refractivity contribution in [1.29, 1.82) is 0 Å². The molecular formula is C30H34ClN3O6S. The SMILES string of the molecule is CCC(C(=O)NC(C)C)N(Cc1ccc(Cl)cc1)C(=O)CN(c1ccc2c(c1)OCCO2)S(=O)(=O)c1ccccc1. The van der Waals surface area contributed by atoms with E-state index in [0.717, 1.165) is 9.87 Å². The summed E-state index contributed by atoms with van der Waals surface area (Å²) in [6, 6.07) is 18.6. The summed E-state index contributed by atoms with van der Waals surface area (Å²) < 4.78 is 40.3. The van der Waals surface area contributed by atoms with Gasteiger partial charge in [0, 0.05) is 23.7 Å². The molecule has 11 heteroatoms. The van der Waals surface area contributed by atoms with Crippen LogP contribution in [0.3, 0.4) is 0 Å². The summed E-state index contributed by atoms with van der Waals surface area (Å²) in [6.07, 6.45) is 0.327. The molecule has 3 aromatic rings. The molecule has 0 aromatic heterocycles. The van der Waals surface area contributed by atoms with Crippen molar-refractivity contribution in [2.45, 2.75) is 50.7 Å². The third kappa shape index (κ3) is 7.31. The highest BCUT2D eigenvalue weighted by atomic mass is 35.5. The molecule has 0 saturated carbocycles. The van der Waals surface area contributed by atoms with Gasteiger partial charge in [0.05, 0.1) is 10.6 Å². The lowest BCUT2D eigenvalue weighted by molar-refractivity contribution is -0.140. The molecule has 1 aliphatic heterocycles. The number of benzene rings is 3. The monoisotopic (exact) mass is 599 g/mol. The number of halogens is 1. The number of nitrogens with one attached hydrogen (secondary N) is 1. The predicted molar refractivity (Wildman–Crippen MR) is 158 cm³/mol. The molecule has 4 rings (SSSR count). The number of amides is 2. The van der Waals surface area contributed by atoms with Crippen LogP contribution in [-0.2, 0) is 26.2 Å². The molecule has 1 heterocycles. The van der Waals surface area contributed by atoms with Gasteiger partial charge >= 0.3 is 0 Å². The minimum atomic E-state index is -4.19. The van der Waals surface area contributed by atoms with E-state index in [4.69, 9.17) is 21.1 Å². The van der Waals surface area contributed by atoms with Gasteiger partial charge in [0.1, 0.15) is 25.8 Å². The van der Waals surface area contributed by atoms with Crippen LogP contribution in [0, 0.1) is 0 Å². The van der Waals surface area contributed by atoms with Gasteiger partial charge in [-0.2, -0.15) is 0 Å². The molecule has 0 spiro atoms. The van der Waals surface area contributed by atoms with Crippen molar-refractivity contribution in [3.8, 4) is 11.5 Å². The van der Waals surface area contributed by atoms with E-state index in [1.54, 1.807) is 60.7 Å². The Labute approximate surface area is 246 Å². The number of anilines is 1. The lowest BCUT2D eigenvalue weighted by atomic mass is 10.1. The van der Waals surface area contributed by atoms with Crippen LogP contribution >= 0.6 is 11.6 Å². The van der Waals surface area contributed by atoms with Crippen molar-refractivity contribution in [1.82, 2.24) is 10.2 Å². The van der Waals surface area contributed by atoms with E-state index in [-0.39, 0.29) is 29.1 Å². The molecular weight excluding hydrogens is 566 g/mol. The number of carbonyl (C=O) groups is 2. The molecule has 1 aliphatic rings. The van der Waals surface area contributed by atoms with Crippen LogP contribution in [0.15, 0.2) is 77.7 Å². The average molecular weight is 600 g/mol. The highest BCUT2D eigenvalue weighted by Crippen LogP contribution is 2.36. The Morgan fingerprint density at radius 1 is 0.951 bits per heavy atom. The summed E-state index contributed by atoms with van der Waals surface area (Å²) in [7, 11) is -4.19. The molecule has 1 unspecified atom stereocenters. The number of rotatable bonds is 11. The van der Waals surface area contributed by atoms with Gasteiger partial charge in [-0.25, -0.2) is 8.42 Å². The second kappa shape index (κ2) is 13.3. The van der Waals surface area contributed by atoms with Crippen LogP contribution in [0.5, 0.6) is 11.5 Å². The number of sulfonamides is 1. The predicted octanol–water partition coefficient (Wildman–Crippen LogP) is 4.64. The highest BCUT2D eigenvalue weighted by Gasteiger charge is 2.34. The van der Waals surface area contributed by atoms with Crippen LogP contribution in [-0.4, -0.2) is 57.0 Å². The third-order valence-electron chi connectivity index (χ3n) is 6.51. The summed E-state index contributed by atoms with van der Waals surface area (Å²) in [5, 5.41) is 3.42. The highest BCUT2D eigenvalue weighted by molar-refractivity contribution is 7.92. The van der Waals surface area contributed by atoms with E-state index in [1.807, 2.05) is 20.8 Å². The Balaban J connectivity index is 1.75. The molecule has 2 amide bonds. The van der Waals surface area contributed by atoms with Gasteiger partial charge in [-0.05, 0) is 62.2 Å². The van der Waals surface area contributed by atoms with Crippen molar-refractivity contribution in [2.75, 3.05) is 24.1 Å². The smallest absolute Gasteiger partial charge is 0.264 e. The summed E-state index contributed by atoms with van der Waals surface area (Å²) in [6.45, 7) is 5.73. The minimum Gasteiger partial charge on any atom is -0.486 e. The van der Waals surface area contributed by atoms with Crippen LogP contribution in [0.4, 0.5) is 5.69 Å². The van der Waals surface area contributed by atoms with E-state index in [0.29, 0.717) is 36.2 Å². The zero-order valence-corrected chi connectivity index (χ0v) is 24.8. The number of hydrogen-bond donors (Lipinski definition) is 1. The first kappa shape index (κ1) is 30.2. The second-order valence-corrected chi connectivity index (χ2v) is 12.2. The van der Waals surface area contributed by atoms with E-state index in [2.05, 4.69) is 5.32 Å².